The van der Waals surface area contributed by atoms with Crippen molar-refractivity contribution < 1.29 is 13.9 Å². The molecule has 4 rings (SSSR count). The van der Waals surface area contributed by atoms with Crippen molar-refractivity contribution in [2.75, 3.05) is 41.8 Å². The predicted molar refractivity (Wildman–Crippen MR) is 109 cm³/mol. The van der Waals surface area contributed by atoms with Gasteiger partial charge >= 0.3 is 17.8 Å². The van der Waals surface area contributed by atoms with Crippen molar-refractivity contribution in [2.45, 2.75) is 6.92 Å². The summed E-state index contributed by atoms with van der Waals surface area (Å²) in [6.45, 7) is 4.65. The lowest BCUT2D eigenvalue weighted by Crippen LogP contribution is -2.36. The van der Waals surface area contributed by atoms with Crippen molar-refractivity contribution in [1.82, 2.24) is 15.2 Å². The number of halogens is 1. The fourth-order valence-corrected chi connectivity index (χ4v) is 3.17. The maximum Gasteiger partial charge on any atom is 0.320 e. The van der Waals surface area contributed by atoms with E-state index in [4.69, 9.17) is 20.8 Å². The van der Waals surface area contributed by atoms with Gasteiger partial charge in [-0.25, -0.2) is 4.98 Å². The summed E-state index contributed by atoms with van der Waals surface area (Å²) < 4.78 is 10.7. The molecule has 1 fully saturated rings. The summed E-state index contributed by atoms with van der Waals surface area (Å²) in [5, 5.41) is 13.7. The molecule has 0 spiro atoms. The first-order chi connectivity index (χ1) is 14.1. The average Bonchev–Trinajstić information content (AvgIpc) is 3.19. The number of pyridine rings is 1. The molecule has 1 aliphatic heterocycles. The molecule has 0 saturated carbocycles. The average molecular weight is 415 g/mol. The van der Waals surface area contributed by atoms with Gasteiger partial charge in [-0.05, 0) is 24.6 Å². The number of para-hydroxylation sites is 1. The van der Waals surface area contributed by atoms with Gasteiger partial charge in [-0.1, -0.05) is 34.9 Å². The number of nitrogens with zero attached hydrogens (tertiary/aromatic N) is 4. The van der Waals surface area contributed by atoms with Gasteiger partial charge in [0, 0.05) is 18.8 Å². The Morgan fingerprint density at radius 1 is 1.21 bits per heavy atom. The van der Waals surface area contributed by atoms with E-state index in [-0.39, 0.29) is 11.9 Å². The van der Waals surface area contributed by atoms with E-state index in [0.717, 1.165) is 24.3 Å². The molecular weight excluding hydrogens is 396 g/mol. The molecule has 29 heavy (non-hydrogen) atoms. The van der Waals surface area contributed by atoms with E-state index < -0.39 is 5.91 Å². The van der Waals surface area contributed by atoms with Crippen LogP contribution in [0, 0.1) is 6.92 Å². The number of anilines is 4. The van der Waals surface area contributed by atoms with Crippen LogP contribution in [0.3, 0.4) is 0 Å². The third kappa shape index (κ3) is 4.47. The summed E-state index contributed by atoms with van der Waals surface area (Å²) in [5.41, 5.74) is 2.26. The van der Waals surface area contributed by atoms with Crippen LogP contribution in [-0.2, 0) is 4.74 Å². The summed E-state index contributed by atoms with van der Waals surface area (Å²) in [6, 6.07) is 9.41. The minimum Gasteiger partial charge on any atom is -0.399 e. The zero-order valence-electron chi connectivity index (χ0n) is 15.7. The lowest BCUT2D eigenvalue weighted by molar-refractivity contribution is 0.0991. The number of morpholine rings is 1. The number of aryl methyl sites for hydroxylation is 1. The standard InChI is InChI=1S/C19H19ClN6O3/c1-12-4-2-3-5-15(12)23-19-25-24-18(29-19)17(27)22-13-10-14(20)16(21-11-13)26-6-8-28-9-7-26/h2-5,10-11H,6-9H2,1H3,(H,22,27)(H,23,25). The van der Waals surface area contributed by atoms with Crippen molar-refractivity contribution in [1.29, 1.82) is 0 Å². The Balaban J connectivity index is 1.42. The van der Waals surface area contributed by atoms with E-state index in [1.54, 1.807) is 6.07 Å². The fraction of sp³-hybridized carbons (Fsp3) is 0.263. The number of carbonyl (C=O) groups excluding carboxylic acids is 1. The Bertz CT molecular complexity index is 1020. The van der Waals surface area contributed by atoms with E-state index in [2.05, 4.69) is 25.8 Å². The first-order valence-electron chi connectivity index (χ1n) is 9.06. The maximum absolute atomic E-state index is 12.4. The van der Waals surface area contributed by atoms with E-state index in [9.17, 15) is 4.79 Å². The fourth-order valence-electron chi connectivity index (χ4n) is 2.89. The zero-order chi connectivity index (χ0) is 20.2. The monoisotopic (exact) mass is 414 g/mol. The largest absolute Gasteiger partial charge is 0.399 e. The molecule has 0 unspecified atom stereocenters. The van der Waals surface area contributed by atoms with Crippen molar-refractivity contribution in [2.24, 2.45) is 0 Å². The number of hydrogen-bond acceptors (Lipinski definition) is 8. The van der Waals surface area contributed by atoms with Crippen molar-refractivity contribution in [3.8, 4) is 0 Å². The number of ether oxygens (including phenoxy) is 1. The highest BCUT2D eigenvalue weighted by Gasteiger charge is 2.19. The molecule has 1 amide bonds. The Labute approximate surface area is 172 Å². The highest BCUT2D eigenvalue weighted by atomic mass is 35.5. The zero-order valence-corrected chi connectivity index (χ0v) is 16.4. The molecule has 9 nitrogen and oxygen atoms in total. The van der Waals surface area contributed by atoms with Crippen LogP contribution in [0.4, 0.5) is 23.2 Å². The van der Waals surface area contributed by atoms with Crippen LogP contribution < -0.4 is 15.5 Å². The second-order valence-electron chi connectivity index (χ2n) is 6.44. The number of rotatable bonds is 5. The van der Waals surface area contributed by atoms with Gasteiger partial charge in [-0.3, -0.25) is 4.79 Å². The van der Waals surface area contributed by atoms with Crippen LogP contribution in [0.5, 0.6) is 0 Å². The molecule has 0 atom stereocenters. The first kappa shape index (κ1) is 19.2. The lowest BCUT2D eigenvalue weighted by atomic mass is 10.2. The highest BCUT2D eigenvalue weighted by molar-refractivity contribution is 6.33. The van der Waals surface area contributed by atoms with Crippen molar-refractivity contribution in [3.63, 3.8) is 0 Å². The highest BCUT2D eigenvalue weighted by Crippen LogP contribution is 2.27. The molecule has 0 bridgehead atoms. The van der Waals surface area contributed by atoms with Crippen LogP contribution in [0.15, 0.2) is 40.9 Å². The van der Waals surface area contributed by atoms with Gasteiger partial charge in [0.25, 0.3) is 0 Å². The van der Waals surface area contributed by atoms with Crippen molar-refractivity contribution in [3.05, 3.63) is 53.0 Å². The van der Waals surface area contributed by atoms with E-state index in [0.29, 0.717) is 29.7 Å². The summed E-state index contributed by atoms with van der Waals surface area (Å²) in [7, 11) is 0. The lowest BCUT2D eigenvalue weighted by Gasteiger charge is -2.28. The van der Waals surface area contributed by atoms with E-state index >= 15 is 0 Å². The maximum atomic E-state index is 12.4. The molecule has 10 heteroatoms. The minimum atomic E-state index is -0.549. The van der Waals surface area contributed by atoms with Gasteiger partial charge in [0.2, 0.25) is 0 Å². The van der Waals surface area contributed by atoms with Gasteiger partial charge < -0.3 is 24.7 Å². The van der Waals surface area contributed by atoms with Crippen LogP contribution in [0.1, 0.15) is 16.2 Å². The third-order valence-corrected chi connectivity index (χ3v) is 4.67. The SMILES string of the molecule is Cc1ccccc1Nc1nnc(C(=O)Nc2cnc(N3CCOCC3)c(Cl)c2)o1. The molecule has 2 aromatic heterocycles. The third-order valence-electron chi connectivity index (χ3n) is 4.40. The number of carbonyl (C=O) groups is 1. The van der Waals surface area contributed by atoms with Crippen LogP contribution in [-0.4, -0.2) is 47.4 Å². The van der Waals surface area contributed by atoms with Crippen molar-refractivity contribution >= 4 is 40.7 Å². The van der Waals surface area contributed by atoms with Crippen LogP contribution in [0.25, 0.3) is 0 Å². The Kier molecular flexibility index (Phi) is 5.59. The Morgan fingerprint density at radius 2 is 2.00 bits per heavy atom. The van der Waals surface area contributed by atoms with Crippen LogP contribution in [0.2, 0.25) is 5.02 Å². The van der Waals surface area contributed by atoms with Gasteiger partial charge in [0.05, 0.1) is 30.1 Å². The van der Waals surface area contributed by atoms with Crippen LogP contribution >= 0.6 is 11.6 Å². The second-order valence-corrected chi connectivity index (χ2v) is 6.84. The Morgan fingerprint density at radius 3 is 2.76 bits per heavy atom. The smallest absolute Gasteiger partial charge is 0.320 e. The molecule has 0 radical (unpaired) electrons. The molecule has 1 aliphatic rings. The molecule has 0 aliphatic carbocycles. The molecular formula is C19H19ClN6O3. The number of hydrogen-bond donors (Lipinski definition) is 2. The molecule has 1 aromatic carbocycles. The summed E-state index contributed by atoms with van der Waals surface area (Å²) in [5.74, 6) is -0.0581. The molecule has 1 saturated heterocycles. The molecule has 150 valence electrons. The molecule has 3 heterocycles. The number of amides is 1. The van der Waals surface area contributed by atoms with Gasteiger partial charge in [-0.2, -0.15) is 0 Å². The minimum absolute atomic E-state index is 0.128. The Hall–Kier alpha value is -3.17. The van der Waals surface area contributed by atoms with Gasteiger partial charge in [0.1, 0.15) is 5.82 Å². The second kappa shape index (κ2) is 8.46. The van der Waals surface area contributed by atoms with E-state index in [1.165, 1.54) is 6.20 Å². The summed E-state index contributed by atoms with van der Waals surface area (Å²) in [4.78, 5) is 18.8. The molecule has 2 N–H and O–H groups in total. The topological polar surface area (TPSA) is 105 Å². The number of benzene rings is 1. The normalized spacial score (nSPS) is 13.9. The van der Waals surface area contributed by atoms with E-state index in [1.807, 2.05) is 36.1 Å². The molecule has 3 aromatic rings. The number of nitrogens with one attached hydrogen (secondary N) is 2. The summed E-state index contributed by atoms with van der Waals surface area (Å²) in [6.07, 6.45) is 1.54. The quantitative estimate of drug-likeness (QED) is 0.655. The predicted octanol–water partition coefficient (Wildman–Crippen LogP) is 3.26. The van der Waals surface area contributed by atoms with Gasteiger partial charge in [0.15, 0.2) is 0 Å². The first-order valence-corrected chi connectivity index (χ1v) is 9.44. The summed E-state index contributed by atoms with van der Waals surface area (Å²) >= 11 is 6.34. The van der Waals surface area contributed by atoms with Gasteiger partial charge in [-0.15, -0.1) is 5.10 Å². The number of aromatic nitrogens is 3.